The summed E-state index contributed by atoms with van der Waals surface area (Å²) in [5, 5.41) is 0. The zero-order chi connectivity index (χ0) is 15.3. The summed E-state index contributed by atoms with van der Waals surface area (Å²) in [7, 11) is -3.77. The third-order valence-electron chi connectivity index (χ3n) is 3.47. The molecule has 1 aromatic rings. The number of aryl methyl sites for hydroxylation is 1. The monoisotopic (exact) mass is 317 g/mol. The molecule has 1 aliphatic rings. The maximum absolute atomic E-state index is 12.3. The van der Waals surface area contributed by atoms with Crippen molar-refractivity contribution in [2.45, 2.75) is 32.3 Å². The fourth-order valence-electron chi connectivity index (χ4n) is 2.44. The molecule has 0 N–H and O–H groups in total. The van der Waals surface area contributed by atoms with Crippen LogP contribution < -0.4 is 4.42 Å². The lowest BCUT2D eigenvalue weighted by molar-refractivity contribution is -0.127. The van der Waals surface area contributed by atoms with Crippen LogP contribution in [0.3, 0.4) is 0 Å². The van der Waals surface area contributed by atoms with Gasteiger partial charge in [0.05, 0.1) is 11.9 Å². The Labute approximate surface area is 123 Å². The Morgan fingerprint density at radius 3 is 2.50 bits per heavy atom. The molecule has 110 valence electrons. The predicted octanol–water partition coefficient (Wildman–Crippen LogP) is 2.12. The minimum Gasteiger partial charge on any atom is -0.270 e. The third-order valence-corrected chi connectivity index (χ3v) is 4.35. The number of carbonyl (C=O) groups excluding carboxylic acids is 1. The lowest BCUT2D eigenvalue weighted by Crippen LogP contribution is -2.52. The average Bonchev–Trinajstić information content (AvgIpc) is 2.31. The first-order valence-electron chi connectivity index (χ1n) is 6.04. The van der Waals surface area contributed by atoms with Crippen molar-refractivity contribution in [1.82, 2.24) is 0 Å². The van der Waals surface area contributed by atoms with Crippen LogP contribution in [0.15, 0.2) is 18.2 Å². The third kappa shape index (κ3) is 2.43. The normalized spacial score (nSPS) is 21.8. The van der Waals surface area contributed by atoms with Gasteiger partial charge in [0, 0.05) is 17.2 Å². The van der Waals surface area contributed by atoms with Gasteiger partial charge >= 0.3 is 0 Å². The van der Waals surface area contributed by atoms with E-state index in [2.05, 4.69) is 0 Å². The van der Waals surface area contributed by atoms with Crippen molar-refractivity contribution in [3.63, 3.8) is 0 Å². The van der Waals surface area contributed by atoms with Gasteiger partial charge in [0.25, 0.3) is 16.0 Å². The summed E-state index contributed by atoms with van der Waals surface area (Å²) in [5.41, 5.74) is 1.42. The Morgan fingerprint density at radius 2 is 1.95 bits per heavy atom. The smallest absolute Gasteiger partial charge is 0.270 e. The quantitative estimate of drug-likeness (QED) is 0.619. The van der Waals surface area contributed by atoms with Gasteiger partial charge in [0.2, 0.25) is 0 Å². The van der Waals surface area contributed by atoms with E-state index < -0.39 is 27.5 Å². The van der Waals surface area contributed by atoms with Crippen LogP contribution in [0.5, 0.6) is 0 Å². The first-order valence-corrected chi connectivity index (χ1v) is 8.19. The molecule has 0 radical (unpaired) electrons. The van der Waals surface area contributed by atoms with E-state index in [4.69, 9.17) is 16.0 Å². The van der Waals surface area contributed by atoms with Crippen molar-refractivity contribution in [2.24, 2.45) is 0 Å². The largest absolute Gasteiger partial charge is 0.273 e. The molecule has 1 aromatic carbocycles. The highest BCUT2D eigenvalue weighted by molar-refractivity contribution is 7.86. The molecule has 20 heavy (non-hydrogen) atoms. The Hall–Kier alpha value is -1.11. The van der Waals surface area contributed by atoms with E-state index in [1.807, 2.05) is 25.1 Å². The van der Waals surface area contributed by atoms with Gasteiger partial charge in [-0.2, -0.15) is 8.42 Å². The van der Waals surface area contributed by atoms with Crippen molar-refractivity contribution in [1.29, 1.82) is 0 Å². The second-order valence-electron chi connectivity index (χ2n) is 5.49. The fourth-order valence-corrected chi connectivity index (χ4v) is 3.42. The van der Waals surface area contributed by atoms with Crippen molar-refractivity contribution < 1.29 is 17.4 Å². The number of fused-ring (bicyclic) bond motifs is 1. The molecule has 2 rings (SSSR count). The number of para-hydroxylation sites is 1. The average molecular weight is 318 g/mol. The summed E-state index contributed by atoms with van der Waals surface area (Å²) in [5.74, 6) is -0.580. The topological polar surface area (TPSA) is 63.7 Å². The number of hydrogen-bond acceptors (Lipinski definition) is 4. The van der Waals surface area contributed by atoms with E-state index in [0.717, 1.165) is 21.8 Å². The van der Waals surface area contributed by atoms with E-state index in [0.29, 0.717) is 5.69 Å². The van der Waals surface area contributed by atoms with Crippen LogP contribution in [-0.4, -0.2) is 26.7 Å². The molecule has 1 atom stereocenters. The molecule has 0 bridgehead atoms. The van der Waals surface area contributed by atoms with Crippen LogP contribution in [0.1, 0.15) is 25.0 Å². The molecule has 0 aromatic heterocycles. The van der Waals surface area contributed by atoms with Gasteiger partial charge in [-0.15, -0.1) is 0 Å². The first-order chi connectivity index (χ1) is 9.05. The van der Waals surface area contributed by atoms with E-state index >= 15 is 0 Å². The SMILES string of the molecule is Cc1cccc2c1N(Cl)C(=O)C(OS(C)(=O)=O)C2(C)C. The van der Waals surface area contributed by atoms with Gasteiger partial charge in [-0.1, -0.05) is 32.0 Å². The van der Waals surface area contributed by atoms with Crippen LogP contribution >= 0.6 is 11.8 Å². The van der Waals surface area contributed by atoms with Crippen molar-refractivity contribution in [2.75, 3.05) is 10.7 Å². The predicted molar refractivity (Wildman–Crippen MR) is 77.3 cm³/mol. The summed E-state index contributed by atoms with van der Waals surface area (Å²) in [6.07, 6.45) is -0.259. The second kappa shape index (κ2) is 4.72. The lowest BCUT2D eigenvalue weighted by Gasteiger charge is -2.41. The van der Waals surface area contributed by atoms with E-state index in [-0.39, 0.29) is 0 Å². The van der Waals surface area contributed by atoms with E-state index in [9.17, 15) is 13.2 Å². The Morgan fingerprint density at radius 1 is 1.35 bits per heavy atom. The molecule has 5 nitrogen and oxygen atoms in total. The number of anilines is 1. The molecule has 0 saturated carbocycles. The van der Waals surface area contributed by atoms with Gasteiger partial charge in [0.1, 0.15) is 0 Å². The molecule has 1 heterocycles. The van der Waals surface area contributed by atoms with Crippen molar-refractivity contribution in [3.8, 4) is 0 Å². The second-order valence-corrected chi connectivity index (χ2v) is 7.43. The Balaban J connectivity index is 2.64. The van der Waals surface area contributed by atoms with Crippen molar-refractivity contribution in [3.05, 3.63) is 29.3 Å². The summed E-state index contributed by atoms with van der Waals surface area (Å²) in [6.45, 7) is 5.38. The maximum atomic E-state index is 12.3. The van der Waals surface area contributed by atoms with Gasteiger partial charge in [0.15, 0.2) is 6.10 Å². The van der Waals surface area contributed by atoms with E-state index in [1.165, 1.54) is 0 Å². The standard InChI is InChI=1S/C13H16ClNO4S/c1-8-6-5-7-9-10(8)15(14)12(16)11(13(9,2)3)19-20(4,17)18/h5-7,11H,1-4H3. The molecule has 1 unspecified atom stereocenters. The highest BCUT2D eigenvalue weighted by Gasteiger charge is 2.48. The minimum absolute atomic E-state index is 0.580. The Kier molecular flexibility index (Phi) is 3.60. The number of nitrogens with zero attached hydrogens (tertiary/aromatic N) is 1. The first kappa shape index (κ1) is 15.3. The van der Waals surface area contributed by atoms with Gasteiger partial charge in [-0.3, -0.25) is 8.98 Å². The Bertz CT molecular complexity index is 669. The number of benzene rings is 1. The number of rotatable bonds is 2. The van der Waals surface area contributed by atoms with Crippen LogP contribution in [0.2, 0.25) is 0 Å². The molecular weight excluding hydrogens is 302 g/mol. The maximum Gasteiger partial charge on any atom is 0.273 e. The van der Waals surface area contributed by atoms with E-state index in [1.54, 1.807) is 13.8 Å². The zero-order valence-electron chi connectivity index (χ0n) is 11.7. The number of amides is 1. The number of carbonyl (C=O) groups is 1. The van der Waals surface area contributed by atoms with Crippen LogP contribution in [-0.2, 0) is 24.5 Å². The highest BCUT2D eigenvalue weighted by Crippen LogP contribution is 2.44. The molecular formula is C13H16ClNO4S. The summed E-state index contributed by atoms with van der Waals surface area (Å²) < 4.78 is 28.7. The molecule has 1 aliphatic heterocycles. The number of halogens is 1. The van der Waals surface area contributed by atoms with Gasteiger partial charge in [-0.05, 0) is 18.1 Å². The zero-order valence-corrected chi connectivity index (χ0v) is 13.2. The highest BCUT2D eigenvalue weighted by atomic mass is 35.5. The van der Waals surface area contributed by atoms with Gasteiger partial charge in [-0.25, -0.2) is 4.42 Å². The molecule has 7 heteroatoms. The fraction of sp³-hybridized carbons (Fsp3) is 0.462. The minimum atomic E-state index is -3.77. The molecule has 0 saturated heterocycles. The summed E-state index contributed by atoms with van der Waals surface area (Å²) in [6, 6.07) is 5.51. The summed E-state index contributed by atoms with van der Waals surface area (Å²) >= 11 is 6.06. The van der Waals surface area contributed by atoms with Crippen molar-refractivity contribution >= 4 is 33.5 Å². The number of hydrogen-bond donors (Lipinski definition) is 0. The molecule has 1 amide bonds. The summed E-state index contributed by atoms with van der Waals surface area (Å²) in [4.78, 5) is 12.3. The van der Waals surface area contributed by atoms with Crippen LogP contribution in [0, 0.1) is 6.92 Å². The molecule has 0 aliphatic carbocycles. The van der Waals surface area contributed by atoms with Gasteiger partial charge < -0.3 is 0 Å². The molecule has 0 fully saturated rings. The van der Waals surface area contributed by atoms with Crippen LogP contribution in [0.4, 0.5) is 5.69 Å². The van der Waals surface area contributed by atoms with Crippen LogP contribution in [0.25, 0.3) is 0 Å². The lowest BCUT2D eigenvalue weighted by atomic mass is 9.75. The molecule has 0 spiro atoms.